The summed E-state index contributed by atoms with van der Waals surface area (Å²) in [4.78, 5) is 10.7. The van der Waals surface area contributed by atoms with Crippen molar-refractivity contribution >= 4 is 5.97 Å². The second-order valence-corrected chi connectivity index (χ2v) is 3.61. The van der Waals surface area contributed by atoms with Gasteiger partial charge in [0.15, 0.2) is 0 Å². The average Bonchev–Trinajstić information content (AvgIpc) is 2.16. The fraction of sp³-hybridized carbons (Fsp3) is 0.750. The van der Waals surface area contributed by atoms with Crippen LogP contribution in [0.25, 0.3) is 0 Å². The van der Waals surface area contributed by atoms with Gasteiger partial charge in [-0.3, -0.25) is 4.79 Å². The molecule has 14 heavy (non-hydrogen) atoms. The van der Waals surface area contributed by atoms with Gasteiger partial charge in [0.1, 0.15) is 0 Å². The van der Waals surface area contributed by atoms with Crippen LogP contribution in [0.4, 0.5) is 0 Å². The maximum absolute atomic E-state index is 10.7. The molecule has 0 bridgehead atoms. The molecule has 1 N–H and O–H groups in total. The SMILES string of the molecule is CCC=CCCCCC(CC)C(=O)O. The van der Waals surface area contributed by atoms with Crippen LogP contribution in [0, 0.1) is 5.92 Å². The lowest BCUT2D eigenvalue weighted by Gasteiger charge is -2.07. The Balaban J connectivity index is 3.42. The fourth-order valence-electron chi connectivity index (χ4n) is 1.44. The average molecular weight is 198 g/mol. The molecule has 0 saturated carbocycles. The maximum atomic E-state index is 10.7. The van der Waals surface area contributed by atoms with Crippen molar-refractivity contribution in [1.29, 1.82) is 0 Å². The van der Waals surface area contributed by atoms with Crippen molar-refractivity contribution in [3.63, 3.8) is 0 Å². The van der Waals surface area contributed by atoms with Gasteiger partial charge in [-0.1, -0.05) is 32.4 Å². The van der Waals surface area contributed by atoms with Gasteiger partial charge in [-0.25, -0.2) is 0 Å². The van der Waals surface area contributed by atoms with E-state index in [4.69, 9.17) is 5.11 Å². The lowest BCUT2D eigenvalue weighted by Crippen LogP contribution is -2.12. The largest absolute Gasteiger partial charge is 0.481 e. The lowest BCUT2D eigenvalue weighted by atomic mass is 9.99. The molecule has 0 aliphatic carbocycles. The fourth-order valence-corrected chi connectivity index (χ4v) is 1.44. The van der Waals surface area contributed by atoms with Gasteiger partial charge >= 0.3 is 5.97 Å². The molecular formula is C12H22O2. The molecule has 0 aromatic heterocycles. The Morgan fingerprint density at radius 3 is 2.50 bits per heavy atom. The molecule has 0 radical (unpaired) electrons. The van der Waals surface area contributed by atoms with E-state index in [1.165, 1.54) is 0 Å². The molecule has 0 saturated heterocycles. The predicted octanol–water partition coefficient (Wildman–Crippen LogP) is 3.62. The van der Waals surface area contributed by atoms with Crippen LogP contribution in [0.2, 0.25) is 0 Å². The van der Waals surface area contributed by atoms with E-state index in [-0.39, 0.29) is 5.92 Å². The summed E-state index contributed by atoms with van der Waals surface area (Å²) >= 11 is 0. The van der Waals surface area contributed by atoms with Gasteiger partial charge in [0.05, 0.1) is 5.92 Å². The number of unbranched alkanes of at least 4 members (excludes halogenated alkanes) is 2. The number of carboxylic acid groups (broad SMARTS) is 1. The Kier molecular flexibility index (Phi) is 8.30. The Labute approximate surface area is 87.0 Å². The standard InChI is InChI=1S/C12H22O2/c1-3-5-6-7-8-9-10-11(4-2)12(13)14/h5-6,11H,3-4,7-10H2,1-2H3,(H,13,14). The molecule has 0 aliphatic rings. The quantitative estimate of drug-likeness (QED) is 0.477. The van der Waals surface area contributed by atoms with Crippen LogP contribution in [0.3, 0.4) is 0 Å². The van der Waals surface area contributed by atoms with Gasteiger partial charge in [-0.05, 0) is 32.1 Å². The third kappa shape index (κ3) is 6.70. The van der Waals surface area contributed by atoms with Crippen molar-refractivity contribution in [3.8, 4) is 0 Å². The van der Waals surface area contributed by atoms with Crippen LogP contribution in [0.5, 0.6) is 0 Å². The van der Waals surface area contributed by atoms with Crippen LogP contribution < -0.4 is 0 Å². The van der Waals surface area contributed by atoms with E-state index in [0.717, 1.165) is 38.5 Å². The van der Waals surface area contributed by atoms with Crippen molar-refractivity contribution < 1.29 is 9.90 Å². The van der Waals surface area contributed by atoms with E-state index in [1.54, 1.807) is 0 Å². The van der Waals surface area contributed by atoms with Crippen LogP contribution in [-0.4, -0.2) is 11.1 Å². The van der Waals surface area contributed by atoms with E-state index in [9.17, 15) is 4.79 Å². The minimum absolute atomic E-state index is 0.134. The summed E-state index contributed by atoms with van der Waals surface area (Å²) in [6.45, 7) is 4.06. The van der Waals surface area contributed by atoms with Gasteiger partial charge in [0.2, 0.25) is 0 Å². The molecule has 0 aromatic carbocycles. The third-order valence-corrected chi connectivity index (χ3v) is 2.42. The molecule has 0 aliphatic heterocycles. The molecule has 1 atom stereocenters. The molecule has 0 fully saturated rings. The highest BCUT2D eigenvalue weighted by Gasteiger charge is 2.13. The summed E-state index contributed by atoms with van der Waals surface area (Å²) < 4.78 is 0. The second kappa shape index (κ2) is 8.79. The van der Waals surface area contributed by atoms with E-state index < -0.39 is 5.97 Å². The first-order chi connectivity index (χ1) is 6.72. The number of hydrogen-bond donors (Lipinski definition) is 1. The van der Waals surface area contributed by atoms with Crippen molar-refractivity contribution in [2.24, 2.45) is 5.92 Å². The summed E-state index contributed by atoms with van der Waals surface area (Å²) in [5.41, 5.74) is 0. The highest BCUT2D eigenvalue weighted by atomic mass is 16.4. The lowest BCUT2D eigenvalue weighted by molar-refractivity contribution is -0.142. The predicted molar refractivity (Wildman–Crippen MR) is 59.3 cm³/mol. The third-order valence-electron chi connectivity index (χ3n) is 2.42. The summed E-state index contributed by atoms with van der Waals surface area (Å²) in [6, 6.07) is 0. The Morgan fingerprint density at radius 2 is 2.00 bits per heavy atom. The highest BCUT2D eigenvalue weighted by molar-refractivity contribution is 5.69. The van der Waals surface area contributed by atoms with Crippen LogP contribution in [-0.2, 0) is 4.79 Å². The first kappa shape index (κ1) is 13.2. The van der Waals surface area contributed by atoms with Crippen LogP contribution in [0.1, 0.15) is 52.4 Å². The maximum Gasteiger partial charge on any atom is 0.306 e. The molecule has 0 spiro atoms. The van der Waals surface area contributed by atoms with Crippen molar-refractivity contribution in [2.75, 3.05) is 0 Å². The number of aliphatic carboxylic acids is 1. The van der Waals surface area contributed by atoms with Gasteiger partial charge in [0.25, 0.3) is 0 Å². The first-order valence-corrected chi connectivity index (χ1v) is 5.60. The normalized spacial score (nSPS) is 13.3. The molecule has 0 amide bonds. The van der Waals surface area contributed by atoms with E-state index in [0.29, 0.717) is 0 Å². The Morgan fingerprint density at radius 1 is 1.29 bits per heavy atom. The van der Waals surface area contributed by atoms with E-state index in [2.05, 4.69) is 19.1 Å². The minimum Gasteiger partial charge on any atom is -0.481 e. The monoisotopic (exact) mass is 198 g/mol. The van der Waals surface area contributed by atoms with Crippen LogP contribution in [0.15, 0.2) is 12.2 Å². The van der Waals surface area contributed by atoms with Gasteiger partial charge in [-0.15, -0.1) is 0 Å². The smallest absolute Gasteiger partial charge is 0.306 e. The summed E-state index contributed by atoms with van der Waals surface area (Å²) in [5.74, 6) is -0.776. The number of hydrogen-bond acceptors (Lipinski definition) is 1. The molecule has 1 unspecified atom stereocenters. The van der Waals surface area contributed by atoms with Crippen molar-refractivity contribution in [3.05, 3.63) is 12.2 Å². The van der Waals surface area contributed by atoms with Crippen molar-refractivity contribution in [1.82, 2.24) is 0 Å². The number of carboxylic acids is 1. The summed E-state index contributed by atoms with van der Waals surface area (Å²) in [5, 5.41) is 8.80. The zero-order valence-electron chi connectivity index (χ0n) is 9.33. The minimum atomic E-state index is -0.642. The van der Waals surface area contributed by atoms with Gasteiger partial charge in [-0.2, -0.15) is 0 Å². The molecule has 0 rings (SSSR count). The summed E-state index contributed by atoms with van der Waals surface area (Å²) in [6.07, 6.45) is 10.2. The van der Waals surface area contributed by atoms with Gasteiger partial charge < -0.3 is 5.11 Å². The molecule has 0 aromatic rings. The van der Waals surface area contributed by atoms with E-state index >= 15 is 0 Å². The first-order valence-electron chi connectivity index (χ1n) is 5.60. The van der Waals surface area contributed by atoms with Crippen LogP contribution >= 0.6 is 0 Å². The number of carbonyl (C=O) groups is 1. The molecule has 2 nitrogen and oxygen atoms in total. The molecule has 0 heterocycles. The summed E-state index contributed by atoms with van der Waals surface area (Å²) in [7, 11) is 0. The molecular weight excluding hydrogens is 176 g/mol. The molecule has 82 valence electrons. The Hall–Kier alpha value is -0.790. The topological polar surface area (TPSA) is 37.3 Å². The van der Waals surface area contributed by atoms with Gasteiger partial charge in [0, 0.05) is 0 Å². The van der Waals surface area contributed by atoms with E-state index in [1.807, 2.05) is 6.92 Å². The second-order valence-electron chi connectivity index (χ2n) is 3.61. The molecule has 2 heteroatoms. The Bertz CT molecular complexity index is 173. The number of allylic oxidation sites excluding steroid dienone is 2. The van der Waals surface area contributed by atoms with Crippen molar-refractivity contribution in [2.45, 2.75) is 52.4 Å². The number of rotatable bonds is 8. The zero-order valence-corrected chi connectivity index (χ0v) is 9.33. The highest BCUT2D eigenvalue weighted by Crippen LogP contribution is 2.13. The zero-order chi connectivity index (χ0) is 10.8.